The van der Waals surface area contributed by atoms with Crippen molar-refractivity contribution >= 4 is 0 Å². The lowest BCUT2D eigenvalue weighted by molar-refractivity contribution is 0.200. The lowest BCUT2D eigenvalue weighted by Gasteiger charge is -2.27. The van der Waals surface area contributed by atoms with E-state index in [0.29, 0.717) is 12.1 Å². The Hall–Kier alpha value is -0.900. The zero-order valence-corrected chi connectivity index (χ0v) is 13.7. The fourth-order valence-electron chi connectivity index (χ4n) is 3.06. The van der Waals surface area contributed by atoms with E-state index in [4.69, 9.17) is 5.11 Å². The number of hydrogen-bond acceptors (Lipinski definition) is 3. The fourth-order valence-corrected chi connectivity index (χ4v) is 3.06. The third-order valence-electron chi connectivity index (χ3n) is 4.71. The molecule has 2 N–H and O–H groups in total. The van der Waals surface area contributed by atoms with E-state index < -0.39 is 0 Å². The van der Waals surface area contributed by atoms with Gasteiger partial charge in [0.25, 0.3) is 0 Å². The van der Waals surface area contributed by atoms with Crippen LogP contribution in [-0.2, 0) is 0 Å². The highest BCUT2D eigenvalue weighted by Crippen LogP contribution is 2.25. The van der Waals surface area contributed by atoms with Crippen molar-refractivity contribution in [3.05, 3.63) is 35.9 Å². The Morgan fingerprint density at radius 3 is 2.71 bits per heavy atom. The lowest BCUT2D eigenvalue weighted by Crippen LogP contribution is -2.39. The van der Waals surface area contributed by atoms with E-state index in [1.165, 1.54) is 12.0 Å². The van der Waals surface area contributed by atoms with Crippen molar-refractivity contribution in [3.8, 4) is 0 Å². The van der Waals surface area contributed by atoms with Crippen LogP contribution in [0.25, 0.3) is 0 Å². The molecule has 0 radical (unpaired) electrons. The van der Waals surface area contributed by atoms with Gasteiger partial charge in [-0.15, -0.1) is 0 Å². The van der Waals surface area contributed by atoms with Crippen molar-refractivity contribution < 1.29 is 5.11 Å². The first-order valence-corrected chi connectivity index (χ1v) is 8.15. The van der Waals surface area contributed by atoms with Gasteiger partial charge in [-0.2, -0.15) is 0 Å². The average Bonchev–Trinajstić information content (AvgIpc) is 2.94. The Balaban J connectivity index is 1.81. The van der Waals surface area contributed by atoms with Gasteiger partial charge in [0.2, 0.25) is 0 Å². The number of hydrogen-bond donors (Lipinski definition) is 2. The van der Waals surface area contributed by atoms with Crippen LogP contribution in [0.3, 0.4) is 0 Å². The number of likely N-dealkylation sites (tertiary alicyclic amines) is 1. The summed E-state index contributed by atoms with van der Waals surface area (Å²) in [6, 6.07) is 11.8. The third-order valence-corrected chi connectivity index (χ3v) is 4.71. The Morgan fingerprint density at radius 2 is 2.05 bits per heavy atom. The molecular weight excluding hydrogens is 260 g/mol. The highest BCUT2D eigenvalue weighted by molar-refractivity contribution is 5.18. The van der Waals surface area contributed by atoms with E-state index in [0.717, 1.165) is 26.1 Å². The van der Waals surface area contributed by atoms with Gasteiger partial charge in [-0.25, -0.2) is 0 Å². The first-order chi connectivity index (χ1) is 10.0. The Bertz CT molecular complexity index is 418. The summed E-state index contributed by atoms with van der Waals surface area (Å²) in [4.78, 5) is 2.56. The molecule has 1 aromatic rings. The molecule has 21 heavy (non-hydrogen) atoms. The van der Waals surface area contributed by atoms with Crippen LogP contribution in [-0.4, -0.2) is 42.3 Å². The predicted molar refractivity (Wildman–Crippen MR) is 88.3 cm³/mol. The number of rotatable bonds is 7. The van der Waals surface area contributed by atoms with Crippen molar-refractivity contribution in [1.82, 2.24) is 10.2 Å². The topological polar surface area (TPSA) is 35.5 Å². The summed E-state index contributed by atoms with van der Waals surface area (Å²) in [7, 11) is 0. The van der Waals surface area contributed by atoms with Gasteiger partial charge in [-0.3, -0.25) is 4.90 Å². The summed E-state index contributed by atoms with van der Waals surface area (Å²) in [6.07, 6.45) is 2.07. The predicted octanol–water partition coefficient (Wildman–Crippen LogP) is 2.82. The van der Waals surface area contributed by atoms with E-state index in [2.05, 4.69) is 61.3 Å². The first-order valence-electron chi connectivity index (χ1n) is 8.15. The number of benzene rings is 1. The van der Waals surface area contributed by atoms with Gasteiger partial charge in [0.1, 0.15) is 0 Å². The third kappa shape index (κ3) is 4.80. The summed E-state index contributed by atoms with van der Waals surface area (Å²) in [5.74, 6) is 0. The molecule has 1 saturated heterocycles. The smallest absolute Gasteiger partial charge is 0.0436 e. The van der Waals surface area contributed by atoms with Crippen LogP contribution in [0.4, 0.5) is 0 Å². The van der Waals surface area contributed by atoms with Gasteiger partial charge in [-0.1, -0.05) is 44.2 Å². The Labute approximate surface area is 129 Å². The van der Waals surface area contributed by atoms with Crippen molar-refractivity contribution in [3.63, 3.8) is 0 Å². The molecule has 2 unspecified atom stereocenters. The van der Waals surface area contributed by atoms with Crippen LogP contribution in [0.15, 0.2) is 30.3 Å². The highest BCUT2D eigenvalue weighted by atomic mass is 16.3. The minimum atomic E-state index is 0.174. The zero-order chi connectivity index (χ0) is 15.3. The van der Waals surface area contributed by atoms with Gasteiger partial charge in [-0.05, 0) is 30.7 Å². The molecule has 1 fully saturated rings. The number of nitrogens with zero attached hydrogens (tertiary/aromatic N) is 1. The minimum absolute atomic E-state index is 0.174. The van der Waals surface area contributed by atoms with Gasteiger partial charge in [0.05, 0.1) is 0 Å². The maximum absolute atomic E-state index is 9.10. The van der Waals surface area contributed by atoms with Gasteiger partial charge in [0, 0.05) is 38.3 Å². The summed E-state index contributed by atoms with van der Waals surface area (Å²) >= 11 is 0. The second-order valence-electron chi connectivity index (χ2n) is 7.09. The van der Waals surface area contributed by atoms with Crippen LogP contribution in [0.2, 0.25) is 0 Å². The molecule has 0 bridgehead atoms. The largest absolute Gasteiger partial charge is 0.396 e. The van der Waals surface area contributed by atoms with Gasteiger partial charge >= 0.3 is 0 Å². The second kappa shape index (κ2) is 7.39. The molecule has 1 aromatic carbocycles. The Morgan fingerprint density at radius 1 is 1.33 bits per heavy atom. The molecule has 1 aliphatic rings. The van der Waals surface area contributed by atoms with Crippen LogP contribution in [0.1, 0.15) is 45.2 Å². The monoisotopic (exact) mass is 290 g/mol. The van der Waals surface area contributed by atoms with Crippen molar-refractivity contribution in [2.45, 2.75) is 45.7 Å². The van der Waals surface area contributed by atoms with Crippen LogP contribution in [0, 0.1) is 5.41 Å². The lowest BCUT2D eigenvalue weighted by atomic mass is 9.89. The molecule has 2 rings (SSSR count). The summed E-state index contributed by atoms with van der Waals surface area (Å²) < 4.78 is 0. The standard InChI is InChI=1S/C18H30N2O/c1-15(16-7-5-4-6-8-16)20-11-9-17(13-20)19-14-18(2,3)10-12-21/h4-8,15,17,19,21H,9-14H2,1-3H3. The maximum atomic E-state index is 9.10. The number of aliphatic hydroxyl groups is 1. The van der Waals surface area contributed by atoms with E-state index in [1.54, 1.807) is 0 Å². The van der Waals surface area contributed by atoms with Crippen LogP contribution >= 0.6 is 0 Å². The fraction of sp³-hybridized carbons (Fsp3) is 0.667. The van der Waals surface area contributed by atoms with Crippen molar-refractivity contribution in [1.29, 1.82) is 0 Å². The summed E-state index contributed by atoms with van der Waals surface area (Å²) in [5.41, 5.74) is 1.58. The zero-order valence-electron chi connectivity index (χ0n) is 13.7. The molecule has 0 aliphatic carbocycles. The Kier molecular flexibility index (Phi) is 5.80. The SMILES string of the molecule is CC(c1ccccc1)N1CCC(NCC(C)(C)CCO)C1. The van der Waals surface area contributed by atoms with E-state index in [9.17, 15) is 0 Å². The highest BCUT2D eigenvalue weighted by Gasteiger charge is 2.28. The molecule has 0 saturated carbocycles. The molecule has 118 valence electrons. The van der Waals surface area contributed by atoms with Crippen molar-refractivity contribution in [2.75, 3.05) is 26.2 Å². The molecule has 0 aromatic heterocycles. The summed E-state index contributed by atoms with van der Waals surface area (Å²) in [5, 5.41) is 12.8. The quantitative estimate of drug-likeness (QED) is 0.810. The molecule has 0 spiro atoms. The number of nitrogens with one attached hydrogen (secondary N) is 1. The molecular formula is C18H30N2O. The molecule has 0 amide bonds. The number of aliphatic hydroxyl groups excluding tert-OH is 1. The second-order valence-corrected chi connectivity index (χ2v) is 7.09. The molecule has 2 atom stereocenters. The molecule has 3 nitrogen and oxygen atoms in total. The van der Waals surface area contributed by atoms with Crippen LogP contribution < -0.4 is 5.32 Å². The minimum Gasteiger partial charge on any atom is -0.396 e. The summed E-state index contributed by atoms with van der Waals surface area (Å²) in [6.45, 7) is 10.3. The normalized spacial score (nSPS) is 21.6. The van der Waals surface area contributed by atoms with Gasteiger partial charge < -0.3 is 10.4 Å². The molecule has 1 aliphatic heterocycles. The molecule has 3 heteroatoms. The molecule has 1 heterocycles. The van der Waals surface area contributed by atoms with E-state index in [1.807, 2.05) is 0 Å². The maximum Gasteiger partial charge on any atom is 0.0436 e. The van der Waals surface area contributed by atoms with Crippen molar-refractivity contribution in [2.24, 2.45) is 5.41 Å². The van der Waals surface area contributed by atoms with E-state index in [-0.39, 0.29) is 12.0 Å². The average molecular weight is 290 g/mol. The van der Waals surface area contributed by atoms with Crippen LogP contribution in [0.5, 0.6) is 0 Å². The first kappa shape index (κ1) is 16.5. The van der Waals surface area contributed by atoms with E-state index >= 15 is 0 Å². The van der Waals surface area contributed by atoms with Gasteiger partial charge in [0.15, 0.2) is 0 Å².